The van der Waals surface area contributed by atoms with Gasteiger partial charge < -0.3 is 5.32 Å². The number of hydrogen-bond acceptors (Lipinski definition) is 1. The van der Waals surface area contributed by atoms with E-state index in [-0.39, 0.29) is 6.04 Å². The Morgan fingerprint density at radius 1 is 0.952 bits per heavy atom. The summed E-state index contributed by atoms with van der Waals surface area (Å²) in [5.41, 5.74) is 5.43. The van der Waals surface area contributed by atoms with E-state index in [0.29, 0.717) is 12.1 Å². The molecule has 0 aliphatic carbocycles. The fraction of sp³-hybridized carbons (Fsp3) is 0.333. The minimum absolute atomic E-state index is 0.174. The Bertz CT molecular complexity index is 650. The monoisotopic (exact) mass is 289 g/mol. The summed E-state index contributed by atoms with van der Waals surface area (Å²) in [6, 6.07) is 7.86. The molecule has 0 aliphatic heterocycles. The maximum Gasteiger partial charge on any atom is 0.130 e. The minimum atomic E-state index is -0.548. The van der Waals surface area contributed by atoms with Crippen LogP contribution in [0.2, 0.25) is 0 Å². The van der Waals surface area contributed by atoms with Crippen molar-refractivity contribution in [3.8, 4) is 0 Å². The summed E-state index contributed by atoms with van der Waals surface area (Å²) < 4.78 is 26.7. The number of benzene rings is 2. The van der Waals surface area contributed by atoms with Gasteiger partial charge >= 0.3 is 0 Å². The second kappa shape index (κ2) is 6.35. The zero-order valence-electron chi connectivity index (χ0n) is 12.9. The smallest absolute Gasteiger partial charge is 0.130 e. The molecule has 0 fully saturated rings. The molecule has 0 aliphatic rings. The van der Waals surface area contributed by atoms with Crippen molar-refractivity contribution in [1.29, 1.82) is 0 Å². The first-order valence-electron chi connectivity index (χ1n) is 7.13. The van der Waals surface area contributed by atoms with Crippen LogP contribution in [0.25, 0.3) is 0 Å². The third kappa shape index (κ3) is 3.67. The summed E-state index contributed by atoms with van der Waals surface area (Å²) in [4.78, 5) is 0. The van der Waals surface area contributed by atoms with Gasteiger partial charge in [-0.2, -0.15) is 0 Å². The Balaban J connectivity index is 2.11. The lowest BCUT2D eigenvalue weighted by Crippen LogP contribution is -2.20. The van der Waals surface area contributed by atoms with E-state index in [4.69, 9.17) is 0 Å². The zero-order chi connectivity index (χ0) is 15.6. The number of halogens is 2. The highest BCUT2D eigenvalue weighted by atomic mass is 19.1. The molecular weight excluding hydrogens is 268 g/mol. The van der Waals surface area contributed by atoms with E-state index in [1.165, 1.54) is 34.4 Å². The van der Waals surface area contributed by atoms with Gasteiger partial charge in [-0.1, -0.05) is 18.2 Å². The second-order valence-corrected chi connectivity index (χ2v) is 5.63. The maximum absolute atomic E-state index is 13.7. The second-order valence-electron chi connectivity index (χ2n) is 5.63. The molecule has 0 bridgehead atoms. The molecule has 2 aromatic rings. The van der Waals surface area contributed by atoms with Gasteiger partial charge in [0.15, 0.2) is 0 Å². The predicted octanol–water partition coefficient (Wildman–Crippen LogP) is 4.74. The molecule has 0 amide bonds. The number of aryl methyl sites for hydroxylation is 3. The van der Waals surface area contributed by atoms with Crippen LogP contribution >= 0.6 is 0 Å². The molecule has 0 radical (unpaired) electrons. The Morgan fingerprint density at radius 3 is 2.29 bits per heavy atom. The van der Waals surface area contributed by atoms with Gasteiger partial charge in [0, 0.05) is 24.2 Å². The normalized spacial score (nSPS) is 12.5. The van der Waals surface area contributed by atoms with Crippen molar-refractivity contribution in [2.75, 3.05) is 0 Å². The van der Waals surface area contributed by atoms with E-state index in [9.17, 15) is 8.78 Å². The predicted molar refractivity (Wildman–Crippen MR) is 82.3 cm³/mol. The lowest BCUT2D eigenvalue weighted by molar-refractivity contribution is 0.517. The first-order valence-corrected chi connectivity index (χ1v) is 7.13. The highest BCUT2D eigenvalue weighted by Gasteiger charge is 2.12. The van der Waals surface area contributed by atoms with Crippen molar-refractivity contribution in [3.63, 3.8) is 0 Å². The third-order valence-electron chi connectivity index (χ3n) is 3.98. The topological polar surface area (TPSA) is 12.0 Å². The molecule has 0 heterocycles. The molecule has 2 aromatic carbocycles. The van der Waals surface area contributed by atoms with Gasteiger partial charge in [0.25, 0.3) is 0 Å². The van der Waals surface area contributed by atoms with Crippen LogP contribution in [0.4, 0.5) is 8.78 Å². The Labute approximate surface area is 125 Å². The molecule has 1 atom stereocenters. The standard InChI is InChI=1S/C18H21F2N/c1-11-7-13(3)15(8-12(11)2)10-21-14(4)17-6-5-16(19)9-18(17)20/h5-9,14,21H,10H2,1-4H3. The van der Waals surface area contributed by atoms with Crippen molar-refractivity contribution in [3.05, 3.63) is 69.8 Å². The average molecular weight is 289 g/mol. The Hall–Kier alpha value is -1.74. The van der Waals surface area contributed by atoms with Crippen LogP contribution < -0.4 is 5.32 Å². The van der Waals surface area contributed by atoms with Crippen molar-refractivity contribution < 1.29 is 8.78 Å². The molecule has 0 aromatic heterocycles. The first-order chi connectivity index (χ1) is 9.88. The zero-order valence-corrected chi connectivity index (χ0v) is 12.9. The summed E-state index contributed by atoms with van der Waals surface area (Å²) in [6.07, 6.45) is 0. The van der Waals surface area contributed by atoms with Gasteiger partial charge in [0.1, 0.15) is 11.6 Å². The highest BCUT2D eigenvalue weighted by Crippen LogP contribution is 2.20. The largest absolute Gasteiger partial charge is 0.306 e. The summed E-state index contributed by atoms with van der Waals surface area (Å²) in [7, 11) is 0. The third-order valence-corrected chi connectivity index (χ3v) is 3.98. The minimum Gasteiger partial charge on any atom is -0.306 e. The lowest BCUT2D eigenvalue weighted by atomic mass is 10.00. The quantitative estimate of drug-likeness (QED) is 0.857. The molecule has 112 valence electrons. The number of rotatable bonds is 4. The van der Waals surface area contributed by atoms with Crippen LogP contribution in [0.15, 0.2) is 30.3 Å². The van der Waals surface area contributed by atoms with Crippen LogP contribution in [0.3, 0.4) is 0 Å². The van der Waals surface area contributed by atoms with E-state index in [1.807, 2.05) is 6.92 Å². The average Bonchev–Trinajstić information content (AvgIpc) is 2.41. The molecule has 0 saturated carbocycles. The van der Waals surface area contributed by atoms with Crippen molar-refractivity contribution in [2.24, 2.45) is 0 Å². The molecule has 0 spiro atoms. The molecule has 3 heteroatoms. The molecule has 2 rings (SSSR count). The highest BCUT2D eigenvalue weighted by molar-refractivity contribution is 5.36. The SMILES string of the molecule is Cc1cc(C)c(CNC(C)c2ccc(F)cc2F)cc1C. The van der Waals surface area contributed by atoms with E-state index in [0.717, 1.165) is 6.07 Å². The summed E-state index contributed by atoms with van der Waals surface area (Å²) in [6.45, 7) is 8.79. The lowest BCUT2D eigenvalue weighted by Gasteiger charge is -2.17. The van der Waals surface area contributed by atoms with Crippen molar-refractivity contribution >= 4 is 0 Å². The molecule has 0 saturated heterocycles. The van der Waals surface area contributed by atoms with E-state index >= 15 is 0 Å². The van der Waals surface area contributed by atoms with Crippen LogP contribution in [0, 0.1) is 32.4 Å². The fourth-order valence-corrected chi connectivity index (χ4v) is 2.44. The van der Waals surface area contributed by atoms with Crippen molar-refractivity contribution in [2.45, 2.75) is 40.3 Å². The number of nitrogens with one attached hydrogen (secondary N) is 1. The van der Waals surface area contributed by atoms with Crippen LogP contribution in [0.5, 0.6) is 0 Å². The molecule has 21 heavy (non-hydrogen) atoms. The van der Waals surface area contributed by atoms with Gasteiger partial charge in [-0.15, -0.1) is 0 Å². The molecule has 1 N–H and O–H groups in total. The molecule has 1 nitrogen and oxygen atoms in total. The van der Waals surface area contributed by atoms with Gasteiger partial charge in [0.2, 0.25) is 0 Å². The van der Waals surface area contributed by atoms with Gasteiger partial charge in [-0.25, -0.2) is 8.78 Å². The van der Waals surface area contributed by atoms with Gasteiger partial charge in [-0.3, -0.25) is 0 Å². The Kier molecular flexibility index (Phi) is 4.73. The summed E-state index contributed by atoms with van der Waals surface area (Å²) in [5, 5.41) is 3.30. The fourth-order valence-electron chi connectivity index (χ4n) is 2.44. The molecular formula is C18H21F2N. The summed E-state index contributed by atoms with van der Waals surface area (Å²) in [5.74, 6) is -1.06. The van der Waals surface area contributed by atoms with Crippen LogP contribution in [-0.4, -0.2) is 0 Å². The first kappa shape index (κ1) is 15.6. The van der Waals surface area contributed by atoms with Gasteiger partial charge in [0.05, 0.1) is 0 Å². The van der Waals surface area contributed by atoms with E-state index in [2.05, 4.69) is 38.2 Å². The number of hydrogen-bond donors (Lipinski definition) is 1. The summed E-state index contributed by atoms with van der Waals surface area (Å²) >= 11 is 0. The van der Waals surface area contributed by atoms with E-state index in [1.54, 1.807) is 0 Å². The maximum atomic E-state index is 13.7. The van der Waals surface area contributed by atoms with Crippen LogP contribution in [0.1, 0.15) is 40.8 Å². The Morgan fingerprint density at radius 2 is 1.62 bits per heavy atom. The van der Waals surface area contributed by atoms with E-state index < -0.39 is 11.6 Å². The van der Waals surface area contributed by atoms with Crippen molar-refractivity contribution in [1.82, 2.24) is 5.32 Å². The molecule has 1 unspecified atom stereocenters. The van der Waals surface area contributed by atoms with Gasteiger partial charge in [-0.05, 0) is 56.0 Å². The van der Waals surface area contributed by atoms with Crippen LogP contribution in [-0.2, 0) is 6.54 Å².